The molecule has 0 saturated carbocycles. The van der Waals surface area contributed by atoms with Crippen molar-refractivity contribution >= 4 is 39.2 Å². The highest BCUT2D eigenvalue weighted by Crippen LogP contribution is 2.38. The van der Waals surface area contributed by atoms with Crippen molar-refractivity contribution in [2.75, 3.05) is 19.0 Å². The largest absolute Gasteiger partial charge is 0.495 e. The fraction of sp³-hybridized carbons (Fsp3) is 0.208. The number of carboxylic acids is 1. The van der Waals surface area contributed by atoms with Gasteiger partial charge in [-0.05, 0) is 76.4 Å². The maximum atomic E-state index is 11.3. The van der Waals surface area contributed by atoms with Gasteiger partial charge in [0.1, 0.15) is 12.4 Å². The molecule has 0 saturated heterocycles. The molecule has 0 amide bonds. The summed E-state index contributed by atoms with van der Waals surface area (Å²) < 4.78 is 17.9. The van der Waals surface area contributed by atoms with Crippen molar-refractivity contribution in [3.05, 3.63) is 80.8 Å². The summed E-state index contributed by atoms with van der Waals surface area (Å²) in [7, 11) is 1.54. The Labute approximate surface area is 200 Å². The third kappa shape index (κ3) is 6.08. The SMILES string of the molecule is CCOc1cc(CNc2cc(C(=O)O)ccc2OC)cc(Br)c1OCc1cccc(Cl)c1. The van der Waals surface area contributed by atoms with Crippen LogP contribution in [-0.2, 0) is 13.2 Å². The van der Waals surface area contributed by atoms with Crippen molar-refractivity contribution in [2.24, 2.45) is 0 Å². The number of hydrogen-bond acceptors (Lipinski definition) is 5. The van der Waals surface area contributed by atoms with Crippen molar-refractivity contribution in [2.45, 2.75) is 20.1 Å². The minimum Gasteiger partial charge on any atom is -0.495 e. The molecule has 0 aliphatic rings. The molecule has 0 unspecified atom stereocenters. The number of aromatic carboxylic acids is 1. The van der Waals surface area contributed by atoms with E-state index in [0.717, 1.165) is 15.6 Å². The van der Waals surface area contributed by atoms with Crippen LogP contribution in [0.4, 0.5) is 5.69 Å². The second kappa shape index (κ2) is 11.1. The van der Waals surface area contributed by atoms with E-state index in [4.69, 9.17) is 25.8 Å². The van der Waals surface area contributed by atoms with E-state index in [2.05, 4.69) is 21.2 Å². The number of hydrogen-bond donors (Lipinski definition) is 2. The van der Waals surface area contributed by atoms with E-state index >= 15 is 0 Å². The summed E-state index contributed by atoms with van der Waals surface area (Å²) in [5.74, 6) is 0.756. The highest BCUT2D eigenvalue weighted by atomic mass is 79.9. The average molecular weight is 521 g/mol. The van der Waals surface area contributed by atoms with Gasteiger partial charge in [-0.1, -0.05) is 23.7 Å². The van der Waals surface area contributed by atoms with Crippen LogP contribution < -0.4 is 19.5 Å². The number of ether oxygens (including phenoxy) is 3. The second-order valence-electron chi connectivity index (χ2n) is 6.83. The maximum Gasteiger partial charge on any atom is 0.335 e. The van der Waals surface area contributed by atoms with Crippen LogP contribution in [0.3, 0.4) is 0 Å². The van der Waals surface area contributed by atoms with Gasteiger partial charge in [-0.2, -0.15) is 0 Å². The molecule has 0 bridgehead atoms. The van der Waals surface area contributed by atoms with Crippen LogP contribution in [-0.4, -0.2) is 24.8 Å². The van der Waals surface area contributed by atoms with Gasteiger partial charge in [0, 0.05) is 11.6 Å². The Hall–Kier alpha value is -2.90. The van der Waals surface area contributed by atoms with Crippen LogP contribution in [0.2, 0.25) is 5.02 Å². The maximum absolute atomic E-state index is 11.3. The van der Waals surface area contributed by atoms with Crippen LogP contribution in [0.15, 0.2) is 59.1 Å². The first-order valence-electron chi connectivity index (χ1n) is 9.89. The van der Waals surface area contributed by atoms with Crippen LogP contribution in [0.25, 0.3) is 0 Å². The molecule has 0 radical (unpaired) electrons. The van der Waals surface area contributed by atoms with Crippen LogP contribution >= 0.6 is 27.5 Å². The van der Waals surface area contributed by atoms with Gasteiger partial charge in [-0.15, -0.1) is 0 Å². The Balaban J connectivity index is 1.80. The highest BCUT2D eigenvalue weighted by Gasteiger charge is 2.14. The van der Waals surface area contributed by atoms with Gasteiger partial charge in [0.2, 0.25) is 0 Å². The zero-order valence-corrected chi connectivity index (χ0v) is 20.0. The van der Waals surface area contributed by atoms with E-state index in [0.29, 0.717) is 47.7 Å². The quantitative estimate of drug-likeness (QED) is 0.322. The van der Waals surface area contributed by atoms with Crippen LogP contribution in [0.1, 0.15) is 28.4 Å². The molecular formula is C24H23BrClNO5. The second-order valence-corrected chi connectivity index (χ2v) is 8.12. The predicted octanol–water partition coefficient (Wildman–Crippen LogP) is 6.40. The first-order chi connectivity index (χ1) is 15.4. The number of benzene rings is 3. The monoisotopic (exact) mass is 519 g/mol. The van der Waals surface area contributed by atoms with Crippen molar-refractivity contribution in [1.29, 1.82) is 0 Å². The fourth-order valence-corrected chi connectivity index (χ4v) is 3.90. The van der Waals surface area contributed by atoms with E-state index in [1.807, 2.05) is 43.3 Å². The molecule has 8 heteroatoms. The normalized spacial score (nSPS) is 10.5. The third-order valence-electron chi connectivity index (χ3n) is 4.57. The van der Waals surface area contributed by atoms with Gasteiger partial charge in [0.25, 0.3) is 0 Å². The first-order valence-corrected chi connectivity index (χ1v) is 11.1. The lowest BCUT2D eigenvalue weighted by Gasteiger charge is -2.17. The Morgan fingerprint density at radius 2 is 1.88 bits per heavy atom. The van der Waals surface area contributed by atoms with Crippen LogP contribution in [0, 0.1) is 0 Å². The summed E-state index contributed by atoms with van der Waals surface area (Å²) in [6.07, 6.45) is 0. The Morgan fingerprint density at radius 1 is 1.06 bits per heavy atom. The molecule has 0 heterocycles. The molecule has 0 aliphatic carbocycles. The van der Waals surface area contributed by atoms with Gasteiger partial charge < -0.3 is 24.6 Å². The lowest BCUT2D eigenvalue weighted by molar-refractivity contribution is 0.0697. The van der Waals surface area contributed by atoms with Crippen molar-refractivity contribution < 1.29 is 24.1 Å². The van der Waals surface area contributed by atoms with E-state index < -0.39 is 5.97 Å². The Kier molecular flexibility index (Phi) is 8.25. The fourth-order valence-electron chi connectivity index (χ4n) is 3.09. The summed E-state index contributed by atoms with van der Waals surface area (Å²) in [6, 6.07) is 16.0. The molecule has 0 aromatic heterocycles. The number of halogens is 2. The van der Waals surface area contributed by atoms with Gasteiger partial charge in [0.05, 0.1) is 29.4 Å². The van der Waals surface area contributed by atoms with Gasteiger partial charge in [0.15, 0.2) is 11.5 Å². The zero-order chi connectivity index (χ0) is 23.1. The molecule has 6 nitrogen and oxygen atoms in total. The summed E-state index contributed by atoms with van der Waals surface area (Å²) in [4.78, 5) is 11.3. The van der Waals surface area contributed by atoms with Crippen LogP contribution in [0.5, 0.6) is 17.2 Å². The number of methoxy groups -OCH3 is 1. The van der Waals surface area contributed by atoms with Gasteiger partial charge >= 0.3 is 5.97 Å². The van der Waals surface area contributed by atoms with Gasteiger partial charge in [-0.25, -0.2) is 4.79 Å². The predicted molar refractivity (Wildman–Crippen MR) is 128 cm³/mol. The summed E-state index contributed by atoms with van der Waals surface area (Å²) >= 11 is 9.64. The number of anilines is 1. The summed E-state index contributed by atoms with van der Waals surface area (Å²) in [6.45, 7) is 3.15. The number of nitrogens with one attached hydrogen (secondary N) is 1. The molecule has 0 atom stereocenters. The first kappa shape index (κ1) is 23.8. The number of carbonyl (C=O) groups is 1. The number of carboxylic acid groups (broad SMARTS) is 1. The summed E-state index contributed by atoms with van der Waals surface area (Å²) in [5.41, 5.74) is 2.62. The third-order valence-corrected chi connectivity index (χ3v) is 5.39. The minimum atomic E-state index is -1.00. The lowest BCUT2D eigenvalue weighted by Crippen LogP contribution is -2.06. The average Bonchev–Trinajstić information content (AvgIpc) is 2.77. The van der Waals surface area contributed by atoms with Crippen molar-refractivity contribution in [1.82, 2.24) is 0 Å². The molecule has 2 N–H and O–H groups in total. The molecule has 0 aliphatic heterocycles. The number of rotatable bonds is 10. The molecule has 32 heavy (non-hydrogen) atoms. The smallest absolute Gasteiger partial charge is 0.335 e. The standard InChI is InChI=1S/C24H23BrClNO5/c1-3-31-22-11-16(13-27-20-12-17(24(28)29)7-8-21(20)30-2)10-19(25)23(22)32-14-15-5-4-6-18(26)9-15/h4-12,27H,3,13-14H2,1-2H3,(H,28,29). The molecule has 3 rings (SSSR count). The summed E-state index contributed by atoms with van der Waals surface area (Å²) in [5, 5.41) is 13.1. The topological polar surface area (TPSA) is 77.0 Å². The highest BCUT2D eigenvalue weighted by molar-refractivity contribution is 9.10. The molecular weight excluding hydrogens is 498 g/mol. The lowest BCUT2D eigenvalue weighted by atomic mass is 10.1. The van der Waals surface area contributed by atoms with E-state index in [1.54, 1.807) is 12.1 Å². The van der Waals surface area contributed by atoms with E-state index in [9.17, 15) is 9.90 Å². The molecule has 3 aromatic rings. The Morgan fingerprint density at radius 3 is 2.56 bits per heavy atom. The van der Waals surface area contributed by atoms with Crippen molar-refractivity contribution in [3.63, 3.8) is 0 Å². The molecule has 0 spiro atoms. The Bertz CT molecular complexity index is 1110. The minimum absolute atomic E-state index is 0.175. The van der Waals surface area contributed by atoms with Gasteiger partial charge in [-0.3, -0.25) is 0 Å². The molecule has 0 fully saturated rings. The zero-order valence-electron chi connectivity index (χ0n) is 17.7. The van der Waals surface area contributed by atoms with Crippen molar-refractivity contribution in [3.8, 4) is 17.2 Å². The molecule has 3 aromatic carbocycles. The molecule has 168 valence electrons. The van der Waals surface area contributed by atoms with E-state index in [-0.39, 0.29) is 5.56 Å². The van der Waals surface area contributed by atoms with E-state index in [1.165, 1.54) is 13.2 Å².